The molecule has 2 rings (SSSR count). The summed E-state index contributed by atoms with van der Waals surface area (Å²) in [6, 6.07) is 11.9. The number of rotatable bonds is 5. The highest BCUT2D eigenvalue weighted by molar-refractivity contribution is 5.91. The van der Waals surface area contributed by atoms with Gasteiger partial charge in [-0.3, -0.25) is 4.79 Å². The van der Waals surface area contributed by atoms with E-state index in [0.29, 0.717) is 12.3 Å². The van der Waals surface area contributed by atoms with Gasteiger partial charge in [0, 0.05) is 12.6 Å². The quantitative estimate of drug-likeness (QED) is 0.846. The number of nitrogens with one attached hydrogen (secondary N) is 1. The smallest absolute Gasteiger partial charge is 0.244 e. The zero-order chi connectivity index (χ0) is 14.4. The van der Waals surface area contributed by atoms with Gasteiger partial charge in [-0.1, -0.05) is 24.3 Å². The van der Waals surface area contributed by atoms with E-state index in [1.807, 2.05) is 31.2 Å². The van der Waals surface area contributed by atoms with Gasteiger partial charge < -0.3 is 9.73 Å². The second-order valence-electron chi connectivity index (χ2n) is 4.75. The van der Waals surface area contributed by atoms with Gasteiger partial charge in [0.25, 0.3) is 0 Å². The summed E-state index contributed by atoms with van der Waals surface area (Å²) >= 11 is 0. The van der Waals surface area contributed by atoms with Gasteiger partial charge in [-0.2, -0.15) is 0 Å². The van der Waals surface area contributed by atoms with E-state index in [1.165, 1.54) is 17.2 Å². The van der Waals surface area contributed by atoms with Crippen molar-refractivity contribution in [2.24, 2.45) is 0 Å². The lowest BCUT2D eigenvalue weighted by atomic mass is 10.1. The molecule has 0 aliphatic rings. The van der Waals surface area contributed by atoms with Crippen LogP contribution in [0.2, 0.25) is 0 Å². The highest BCUT2D eigenvalue weighted by Gasteiger charge is 1.99. The molecule has 0 atom stereocenters. The third-order valence-corrected chi connectivity index (χ3v) is 3.11. The van der Waals surface area contributed by atoms with Crippen LogP contribution in [0.15, 0.2) is 46.9 Å². The van der Waals surface area contributed by atoms with Crippen molar-refractivity contribution < 1.29 is 9.21 Å². The molecule has 0 saturated heterocycles. The highest BCUT2D eigenvalue weighted by atomic mass is 16.3. The molecule has 0 aliphatic heterocycles. The molecule has 0 unspecified atom stereocenters. The Morgan fingerprint density at radius 1 is 1.20 bits per heavy atom. The summed E-state index contributed by atoms with van der Waals surface area (Å²) in [7, 11) is 0. The molecule has 3 nitrogen and oxygen atoms in total. The zero-order valence-corrected chi connectivity index (χ0v) is 11.8. The number of hydrogen-bond acceptors (Lipinski definition) is 2. The first kappa shape index (κ1) is 14.1. The van der Waals surface area contributed by atoms with Gasteiger partial charge in [0.05, 0.1) is 0 Å². The Labute approximate surface area is 119 Å². The molecule has 1 amide bonds. The maximum Gasteiger partial charge on any atom is 0.244 e. The van der Waals surface area contributed by atoms with E-state index in [2.05, 4.69) is 24.4 Å². The van der Waals surface area contributed by atoms with Crippen molar-refractivity contribution in [3.05, 3.63) is 65.1 Å². The Morgan fingerprint density at radius 3 is 2.70 bits per heavy atom. The fourth-order valence-corrected chi connectivity index (χ4v) is 1.97. The van der Waals surface area contributed by atoms with Crippen LogP contribution in [0.1, 0.15) is 22.6 Å². The van der Waals surface area contributed by atoms with Gasteiger partial charge >= 0.3 is 0 Å². The van der Waals surface area contributed by atoms with Gasteiger partial charge in [-0.15, -0.1) is 0 Å². The molecule has 0 bridgehead atoms. The molecular weight excluding hydrogens is 250 g/mol. The predicted molar refractivity (Wildman–Crippen MR) is 80.4 cm³/mol. The van der Waals surface area contributed by atoms with Crippen molar-refractivity contribution in [3.8, 4) is 0 Å². The van der Waals surface area contributed by atoms with Crippen molar-refractivity contribution in [2.45, 2.75) is 20.3 Å². The average molecular weight is 269 g/mol. The summed E-state index contributed by atoms with van der Waals surface area (Å²) in [6.45, 7) is 4.58. The molecule has 0 aliphatic carbocycles. The third-order valence-electron chi connectivity index (χ3n) is 3.11. The van der Waals surface area contributed by atoms with Crippen molar-refractivity contribution in [1.29, 1.82) is 0 Å². The second-order valence-corrected chi connectivity index (χ2v) is 4.75. The van der Waals surface area contributed by atoms with Crippen LogP contribution in [0.4, 0.5) is 0 Å². The van der Waals surface area contributed by atoms with Gasteiger partial charge in [0.2, 0.25) is 5.91 Å². The highest BCUT2D eigenvalue weighted by Crippen LogP contribution is 2.08. The zero-order valence-electron chi connectivity index (χ0n) is 11.8. The van der Waals surface area contributed by atoms with E-state index in [4.69, 9.17) is 4.42 Å². The van der Waals surface area contributed by atoms with Crippen molar-refractivity contribution in [1.82, 2.24) is 5.32 Å². The molecule has 0 saturated carbocycles. The average Bonchev–Trinajstić information content (AvgIpc) is 2.84. The molecule has 1 N–H and O–H groups in total. The van der Waals surface area contributed by atoms with E-state index < -0.39 is 0 Å². The lowest BCUT2D eigenvalue weighted by Crippen LogP contribution is -2.23. The Kier molecular flexibility index (Phi) is 4.77. The van der Waals surface area contributed by atoms with Crippen LogP contribution in [-0.2, 0) is 11.2 Å². The number of aryl methyl sites for hydroxylation is 2. The van der Waals surface area contributed by atoms with Crippen LogP contribution in [0.3, 0.4) is 0 Å². The molecular formula is C17H19NO2. The third kappa shape index (κ3) is 4.12. The monoisotopic (exact) mass is 269 g/mol. The number of amides is 1. The number of furan rings is 1. The fourth-order valence-electron chi connectivity index (χ4n) is 1.97. The molecule has 1 heterocycles. The van der Waals surface area contributed by atoms with Gasteiger partial charge in [-0.05, 0) is 49.6 Å². The van der Waals surface area contributed by atoms with E-state index in [1.54, 1.807) is 6.08 Å². The minimum atomic E-state index is -0.104. The predicted octanol–water partition coefficient (Wildman–Crippen LogP) is 3.27. The molecule has 1 aromatic carbocycles. The Hall–Kier alpha value is -2.29. The van der Waals surface area contributed by atoms with Crippen molar-refractivity contribution >= 4 is 12.0 Å². The van der Waals surface area contributed by atoms with E-state index in [-0.39, 0.29) is 5.91 Å². The van der Waals surface area contributed by atoms with Crippen LogP contribution < -0.4 is 5.32 Å². The number of carbonyl (C=O) groups is 1. The second kappa shape index (κ2) is 6.75. The lowest BCUT2D eigenvalue weighted by Gasteiger charge is -2.05. The maximum absolute atomic E-state index is 11.7. The van der Waals surface area contributed by atoms with Crippen LogP contribution in [0.25, 0.3) is 6.08 Å². The van der Waals surface area contributed by atoms with Crippen LogP contribution in [0.5, 0.6) is 0 Å². The maximum atomic E-state index is 11.7. The van der Waals surface area contributed by atoms with Gasteiger partial charge in [-0.25, -0.2) is 0 Å². The number of hydrogen-bond donors (Lipinski definition) is 1. The topological polar surface area (TPSA) is 42.2 Å². The van der Waals surface area contributed by atoms with E-state index >= 15 is 0 Å². The first-order chi connectivity index (χ1) is 9.65. The van der Waals surface area contributed by atoms with Crippen LogP contribution in [-0.4, -0.2) is 12.5 Å². The van der Waals surface area contributed by atoms with Gasteiger partial charge in [0.1, 0.15) is 11.5 Å². The van der Waals surface area contributed by atoms with Gasteiger partial charge in [0.15, 0.2) is 0 Å². The Balaban J connectivity index is 1.78. The molecule has 0 radical (unpaired) electrons. The summed E-state index contributed by atoms with van der Waals surface area (Å²) in [5, 5.41) is 2.87. The molecule has 0 spiro atoms. The molecule has 104 valence electrons. The summed E-state index contributed by atoms with van der Waals surface area (Å²) in [6.07, 6.45) is 4.01. The van der Waals surface area contributed by atoms with Crippen molar-refractivity contribution in [3.63, 3.8) is 0 Å². The largest absolute Gasteiger partial charge is 0.462 e. The minimum Gasteiger partial charge on any atom is -0.462 e. The number of carbonyl (C=O) groups excluding carboxylic acids is 1. The van der Waals surface area contributed by atoms with E-state index in [0.717, 1.165) is 12.2 Å². The summed E-state index contributed by atoms with van der Waals surface area (Å²) < 4.78 is 5.36. The first-order valence-electron chi connectivity index (χ1n) is 6.72. The molecule has 20 heavy (non-hydrogen) atoms. The first-order valence-corrected chi connectivity index (χ1v) is 6.72. The Bertz CT molecular complexity index is 611. The summed E-state index contributed by atoms with van der Waals surface area (Å²) in [5.41, 5.74) is 2.52. The normalized spacial score (nSPS) is 10.9. The summed E-state index contributed by atoms with van der Waals surface area (Å²) in [4.78, 5) is 11.7. The lowest BCUT2D eigenvalue weighted by molar-refractivity contribution is -0.116. The standard InChI is InChI=1S/C17H19NO2/c1-13-5-3-4-6-15(13)11-12-18-17(19)10-9-16-8-7-14(2)20-16/h3-10H,11-12H2,1-2H3,(H,18,19)/b10-9+. The summed E-state index contributed by atoms with van der Waals surface area (Å²) in [5.74, 6) is 1.42. The minimum absolute atomic E-state index is 0.104. The van der Waals surface area contributed by atoms with E-state index in [9.17, 15) is 4.79 Å². The molecule has 3 heteroatoms. The molecule has 0 fully saturated rings. The SMILES string of the molecule is Cc1ccc(/C=C/C(=O)NCCc2ccccc2C)o1. The van der Waals surface area contributed by atoms with Crippen LogP contribution >= 0.6 is 0 Å². The molecule has 1 aromatic heterocycles. The van der Waals surface area contributed by atoms with Crippen LogP contribution in [0, 0.1) is 13.8 Å². The fraction of sp³-hybridized carbons (Fsp3) is 0.235. The number of benzene rings is 1. The Morgan fingerprint density at radius 2 is 2.00 bits per heavy atom. The molecule has 2 aromatic rings. The van der Waals surface area contributed by atoms with Crippen molar-refractivity contribution in [2.75, 3.05) is 6.54 Å².